The molecule has 4 aromatic rings. The number of amides is 1. The number of aryl methyl sites for hydroxylation is 1. The Balaban J connectivity index is 1.34. The van der Waals surface area contributed by atoms with Crippen molar-refractivity contribution >= 4 is 28.4 Å². The van der Waals surface area contributed by atoms with Crippen LogP contribution in [0.4, 0.5) is 24.5 Å². The van der Waals surface area contributed by atoms with E-state index in [1.54, 1.807) is 18.6 Å². The maximum atomic E-state index is 13.6. The van der Waals surface area contributed by atoms with Crippen LogP contribution >= 0.6 is 0 Å². The molecule has 0 saturated carbocycles. The van der Waals surface area contributed by atoms with Gasteiger partial charge in [0.1, 0.15) is 11.8 Å². The molecule has 2 aromatic heterocycles. The Hall–Kier alpha value is -3.92. The van der Waals surface area contributed by atoms with Crippen molar-refractivity contribution < 1.29 is 18.0 Å². The second-order valence-electron chi connectivity index (χ2n) is 9.35. The first kappa shape index (κ1) is 24.8. The fourth-order valence-electron chi connectivity index (χ4n) is 4.54. The number of rotatable bonds is 5. The summed E-state index contributed by atoms with van der Waals surface area (Å²) in [5.41, 5.74) is 3.85. The number of alkyl halides is 3. The normalized spacial score (nSPS) is 14.8. The van der Waals surface area contributed by atoms with E-state index in [1.807, 2.05) is 53.8 Å². The van der Waals surface area contributed by atoms with E-state index in [1.165, 1.54) is 0 Å². The number of nitrogens with one attached hydrogen (secondary N) is 1. The largest absolute Gasteiger partial charge is 0.416 e. The second kappa shape index (κ2) is 9.85. The summed E-state index contributed by atoms with van der Waals surface area (Å²) in [7, 11) is 1.98. The molecule has 3 heterocycles. The average Bonchev–Trinajstić information content (AvgIpc) is 3.29. The van der Waals surface area contributed by atoms with Gasteiger partial charge in [-0.2, -0.15) is 13.2 Å². The van der Waals surface area contributed by atoms with Crippen molar-refractivity contribution in [3.63, 3.8) is 0 Å². The molecule has 1 aliphatic heterocycles. The molecule has 1 aliphatic rings. The molecule has 5 rings (SSSR count). The van der Waals surface area contributed by atoms with Gasteiger partial charge in [-0.05, 0) is 67.6 Å². The number of likely N-dealkylation sites (N-methyl/N-ethyl adjacent to an activating group) is 1. The van der Waals surface area contributed by atoms with Crippen LogP contribution in [0.1, 0.15) is 16.7 Å². The van der Waals surface area contributed by atoms with Gasteiger partial charge < -0.3 is 15.1 Å². The van der Waals surface area contributed by atoms with E-state index in [-0.39, 0.29) is 18.0 Å². The Labute approximate surface area is 212 Å². The fraction of sp³-hybridized carbons (Fsp3) is 0.296. The van der Waals surface area contributed by atoms with Crippen LogP contribution in [0, 0.1) is 6.92 Å². The van der Waals surface area contributed by atoms with Gasteiger partial charge in [-0.25, -0.2) is 9.97 Å². The van der Waals surface area contributed by atoms with Gasteiger partial charge in [0, 0.05) is 49.4 Å². The van der Waals surface area contributed by atoms with E-state index in [2.05, 4.69) is 20.2 Å². The first-order chi connectivity index (χ1) is 17.7. The summed E-state index contributed by atoms with van der Waals surface area (Å²) in [6.07, 6.45) is -1.07. The first-order valence-corrected chi connectivity index (χ1v) is 12.0. The number of hydrogen-bond acceptors (Lipinski definition) is 5. The quantitative estimate of drug-likeness (QED) is 0.424. The molecule has 10 heteroatoms. The number of nitrogens with zero attached hydrogens (tertiary/aromatic N) is 5. The van der Waals surface area contributed by atoms with Gasteiger partial charge in [-0.3, -0.25) is 9.36 Å². The lowest BCUT2D eigenvalue weighted by Gasteiger charge is -2.34. The Morgan fingerprint density at radius 1 is 1.00 bits per heavy atom. The van der Waals surface area contributed by atoms with Gasteiger partial charge in [-0.15, -0.1) is 0 Å². The van der Waals surface area contributed by atoms with Crippen LogP contribution in [0.5, 0.6) is 0 Å². The number of imidazole rings is 1. The maximum absolute atomic E-state index is 13.6. The van der Waals surface area contributed by atoms with E-state index in [0.717, 1.165) is 53.2 Å². The van der Waals surface area contributed by atoms with Crippen LogP contribution < -0.4 is 10.2 Å². The number of benzene rings is 2. The highest BCUT2D eigenvalue weighted by Gasteiger charge is 2.32. The molecule has 0 atom stereocenters. The third-order valence-corrected chi connectivity index (χ3v) is 6.66. The minimum Gasteiger partial charge on any atom is -0.369 e. The Morgan fingerprint density at radius 2 is 1.78 bits per heavy atom. The number of carbonyl (C=O) groups excluding carboxylic acids is 1. The van der Waals surface area contributed by atoms with Gasteiger partial charge in [0.15, 0.2) is 5.65 Å². The maximum Gasteiger partial charge on any atom is 0.416 e. The third-order valence-electron chi connectivity index (χ3n) is 6.66. The van der Waals surface area contributed by atoms with Crippen molar-refractivity contribution in [2.45, 2.75) is 19.5 Å². The van der Waals surface area contributed by atoms with Crippen molar-refractivity contribution in [1.82, 2.24) is 19.4 Å². The second-order valence-corrected chi connectivity index (χ2v) is 9.35. The van der Waals surface area contributed by atoms with Crippen molar-refractivity contribution in [1.29, 1.82) is 0 Å². The van der Waals surface area contributed by atoms with Gasteiger partial charge >= 0.3 is 6.18 Å². The summed E-state index contributed by atoms with van der Waals surface area (Å²) in [5.74, 6) is -0.380. The fourth-order valence-corrected chi connectivity index (χ4v) is 4.54. The molecule has 1 fully saturated rings. The van der Waals surface area contributed by atoms with Gasteiger partial charge in [-0.1, -0.05) is 6.07 Å². The van der Waals surface area contributed by atoms with E-state index in [9.17, 15) is 18.0 Å². The van der Waals surface area contributed by atoms with Crippen LogP contribution in [-0.4, -0.2) is 58.6 Å². The predicted octanol–water partition coefficient (Wildman–Crippen LogP) is 4.68. The Morgan fingerprint density at radius 3 is 2.51 bits per heavy atom. The standard InChI is InChI=1S/C27H27F3N6O/c1-18-12-22(36-17-32-24-4-3-7-31-26(24)36)6-5-19(18)13-25(37)33-21-14-20(27(28,29)30)15-23(16-21)35-10-8-34(2)9-11-35/h3-7,12,14-17H,8-11,13H2,1-2H3,(H,33,37). The minimum absolute atomic E-state index is 0.0368. The molecule has 1 amide bonds. The number of anilines is 2. The summed E-state index contributed by atoms with van der Waals surface area (Å²) in [5, 5.41) is 2.68. The van der Waals surface area contributed by atoms with Crippen molar-refractivity contribution in [3.8, 4) is 5.69 Å². The van der Waals surface area contributed by atoms with Gasteiger partial charge in [0.05, 0.1) is 12.0 Å². The summed E-state index contributed by atoms with van der Waals surface area (Å²) >= 11 is 0. The molecule has 7 nitrogen and oxygen atoms in total. The molecule has 0 radical (unpaired) electrons. The number of hydrogen-bond donors (Lipinski definition) is 1. The highest BCUT2D eigenvalue weighted by atomic mass is 19.4. The van der Waals surface area contributed by atoms with Gasteiger partial charge in [0.25, 0.3) is 0 Å². The van der Waals surface area contributed by atoms with Crippen molar-refractivity contribution in [2.75, 3.05) is 43.4 Å². The molecule has 0 bridgehead atoms. The van der Waals surface area contributed by atoms with Crippen LogP contribution in [0.2, 0.25) is 0 Å². The lowest BCUT2D eigenvalue weighted by atomic mass is 10.0. The molecule has 1 N–H and O–H groups in total. The molecular weight excluding hydrogens is 481 g/mol. The van der Waals surface area contributed by atoms with E-state index < -0.39 is 11.7 Å². The number of carbonyl (C=O) groups is 1. The molecule has 37 heavy (non-hydrogen) atoms. The molecular formula is C27H27F3N6O. The topological polar surface area (TPSA) is 66.3 Å². The zero-order valence-electron chi connectivity index (χ0n) is 20.6. The Bertz CT molecular complexity index is 1440. The lowest BCUT2D eigenvalue weighted by molar-refractivity contribution is -0.137. The minimum atomic E-state index is -4.51. The summed E-state index contributed by atoms with van der Waals surface area (Å²) in [6.45, 7) is 4.67. The van der Waals surface area contributed by atoms with Crippen molar-refractivity contribution in [2.24, 2.45) is 0 Å². The molecule has 2 aromatic carbocycles. The number of pyridine rings is 1. The summed E-state index contributed by atoms with van der Waals surface area (Å²) in [4.78, 5) is 25.7. The molecule has 192 valence electrons. The zero-order chi connectivity index (χ0) is 26.2. The predicted molar refractivity (Wildman–Crippen MR) is 137 cm³/mol. The Kier molecular flexibility index (Phi) is 6.59. The highest BCUT2D eigenvalue weighted by molar-refractivity contribution is 5.93. The van der Waals surface area contributed by atoms with E-state index >= 15 is 0 Å². The monoisotopic (exact) mass is 508 g/mol. The smallest absolute Gasteiger partial charge is 0.369 e. The van der Waals surface area contributed by atoms with Crippen LogP contribution in [0.3, 0.4) is 0 Å². The van der Waals surface area contributed by atoms with Crippen LogP contribution in [-0.2, 0) is 17.4 Å². The third kappa shape index (κ3) is 5.43. The number of piperazine rings is 1. The van der Waals surface area contributed by atoms with Crippen LogP contribution in [0.15, 0.2) is 61.1 Å². The zero-order valence-corrected chi connectivity index (χ0v) is 20.6. The van der Waals surface area contributed by atoms with Crippen molar-refractivity contribution in [3.05, 3.63) is 77.7 Å². The van der Waals surface area contributed by atoms with Crippen LogP contribution in [0.25, 0.3) is 16.9 Å². The SMILES string of the molecule is Cc1cc(-n2cnc3cccnc32)ccc1CC(=O)Nc1cc(N2CCN(C)CC2)cc(C(F)(F)F)c1. The number of aromatic nitrogens is 3. The molecule has 0 unspecified atom stereocenters. The number of fused-ring (bicyclic) bond motifs is 1. The molecule has 0 spiro atoms. The first-order valence-electron chi connectivity index (χ1n) is 12.0. The molecule has 0 aliphatic carbocycles. The molecule has 1 saturated heterocycles. The number of halogens is 3. The summed E-state index contributed by atoms with van der Waals surface area (Å²) in [6, 6.07) is 13.1. The van der Waals surface area contributed by atoms with E-state index in [4.69, 9.17) is 0 Å². The van der Waals surface area contributed by atoms with Gasteiger partial charge in [0.2, 0.25) is 5.91 Å². The average molecular weight is 509 g/mol. The summed E-state index contributed by atoms with van der Waals surface area (Å²) < 4.78 is 42.7. The van der Waals surface area contributed by atoms with E-state index in [0.29, 0.717) is 18.8 Å². The lowest BCUT2D eigenvalue weighted by Crippen LogP contribution is -2.44. The highest BCUT2D eigenvalue weighted by Crippen LogP contribution is 2.35.